The Labute approximate surface area is 124 Å². The van der Waals surface area contributed by atoms with Gasteiger partial charge in [0.25, 0.3) is 0 Å². The molecule has 0 saturated carbocycles. The predicted molar refractivity (Wildman–Crippen MR) is 87.4 cm³/mol. The van der Waals surface area contributed by atoms with Gasteiger partial charge in [0.15, 0.2) is 0 Å². The Kier molecular flexibility index (Phi) is 7.08. The van der Waals surface area contributed by atoms with Crippen molar-refractivity contribution >= 4 is 0 Å². The number of nitrogens with one attached hydrogen (secondary N) is 1. The van der Waals surface area contributed by atoms with Crippen LogP contribution < -0.4 is 10.1 Å². The van der Waals surface area contributed by atoms with Gasteiger partial charge in [-0.3, -0.25) is 0 Å². The van der Waals surface area contributed by atoms with E-state index < -0.39 is 0 Å². The lowest BCUT2D eigenvalue weighted by molar-refractivity contribution is 0.297. The van der Waals surface area contributed by atoms with E-state index >= 15 is 0 Å². The highest BCUT2D eigenvalue weighted by Crippen LogP contribution is 2.24. The number of para-hydroxylation sites is 1. The molecule has 0 aliphatic carbocycles. The van der Waals surface area contributed by atoms with Crippen LogP contribution in [0.2, 0.25) is 0 Å². The molecule has 0 unspecified atom stereocenters. The average Bonchev–Trinajstić information content (AvgIpc) is 2.37. The van der Waals surface area contributed by atoms with E-state index in [1.54, 1.807) is 0 Å². The smallest absolute Gasteiger partial charge is 0.126 e. The molecule has 0 aliphatic heterocycles. The molecule has 114 valence electrons. The molecular weight excluding hydrogens is 246 g/mol. The van der Waals surface area contributed by atoms with Gasteiger partial charge in [-0.25, -0.2) is 0 Å². The summed E-state index contributed by atoms with van der Waals surface area (Å²) in [4.78, 5) is 0. The van der Waals surface area contributed by atoms with Crippen molar-refractivity contribution in [3.05, 3.63) is 29.3 Å². The molecule has 1 aromatic rings. The Morgan fingerprint density at radius 1 is 1.10 bits per heavy atom. The summed E-state index contributed by atoms with van der Waals surface area (Å²) in [5, 5.41) is 3.54. The number of hydrogen-bond acceptors (Lipinski definition) is 2. The minimum absolute atomic E-state index is 0.127. The maximum atomic E-state index is 6.04. The monoisotopic (exact) mass is 277 g/mol. The Morgan fingerprint density at radius 3 is 2.50 bits per heavy atom. The second kappa shape index (κ2) is 8.31. The molecule has 0 aliphatic rings. The summed E-state index contributed by atoms with van der Waals surface area (Å²) >= 11 is 0. The molecule has 1 aromatic carbocycles. The fourth-order valence-electron chi connectivity index (χ4n) is 2.12. The van der Waals surface area contributed by atoms with Crippen LogP contribution in [-0.2, 0) is 6.54 Å². The maximum Gasteiger partial charge on any atom is 0.126 e. The van der Waals surface area contributed by atoms with Crippen molar-refractivity contribution < 1.29 is 4.74 Å². The van der Waals surface area contributed by atoms with Gasteiger partial charge >= 0.3 is 0 Å². The van der Waals surface area contributed by atoms with Crippen LogP contribution in [0.3, 0.4) is 0 Å². The standard InChI is InChI=1S/C18H31NO/c1-6-7-8-9-13-20-17-15(2)11-10-12-16(17)14-19-18(3,4)5/h10-12,19H,6-9,13-14H2,1-5H3. The van der Waals surface area contributed by atoms with E-state index in [9.17, 15) is 0 Å². The van der Waals surface area contributed by atoms with Gasteiger partial charge < -0.3 is 10.1 Å². The van der Waals surface area contributed by atoms with E-state index in [1.165, 1.54) is 30.4 Å². The molecule has 0 spiro atoms. The highest BCUT2D eigenvalue weighted by Gasteiger charge is 2.12. The predicted octanol–water partition coefficient (Wildman–Crippen LogP) is 4.84. The third-order valence-corrected chi connectivity index (χ3v) is 3.35. The minimum Gasteiger partial charge on any atom is -0.493 e. The molecule has 1 N–H and O–H groups in total. The second-order valence-corrected chi connectivity index (χ2v) is 6.58. The zero-order chi connectivity index (χ0) is 15.0. The van der Waals surface area contributed by atoms with Crippen LogP contribution >= 0.6 is 0 Å². The molecule has 0 fully saturated rings. The largest absolute Gasteiger partial charge is 0.493 e. The molecule has 0 bridgehead atoms. The lowest BCUT2D eigenvalue weighted by Crippen LogP contribution is -2.35. The summed E-state index contributed by atoms with van der Waals surface area (Å²) in [6, 6.07) is 6.40. The number of ether oxygens (including phenoxy) is 1. The van der Waals surface area contributed by atoms with Crippen LogP contribution in [-0.4, -0.2) is 12.1 Å². The summed E-state index contributed by atoms with van der Waals surface area (Å²) in [5.41, 5.74) is 2.62. The number of aryl methyl sites for hydroxylation is 1. The van der Waals surface area contributed by atoms with Crippen LogP contribution in [0.4, 0.5) is 0 Å². The molecule has 0 heterocycles. The first-order valence-corrected chi connectivity index (χ1v) is 7.90. The molecule has 0 atom stereocenters. The van der Waals surface area contributed by atoms with E-state index in [2.05, 4.69) is 58.1 Å². The van der Waals surface area contributed by atoms with Gasteiger partial charge in [0.05, 0.1) is 6.61 Å². The van der Waals surface area contributed by atoms with Crippen LogP contribution in [0, 0.1) is 6.92 Å². The van der Waals surface area contributed by atoms with Gasteiger partial charge in [0, 0.05) is 17.6 Å². The fraction of sp³-hybridized carbons (Fsp3) is 0.667. The van der Waals surface area contributed by atoms with Crippen LogP contribution in [0.1, 0.15) is 64.5 Å². The zero-order valence-corrected chi connectivity index (χ0v) is 13.9. The fourth-order valence-corrected chi connectivity index (χ4v) is 2.12. The van der Waals surface area contributed by atoms with Crippen molar-refractivity contribution in [2.75, 3.05) is 6.61 Å². The van der Waals surface area contributed by atoms with Crippen LogP contribution in [0.25, 0.3) is 0 Å². The van der Waals surface area contributed by atoms with Crippen molar-refractivity contribution in [3.63, 3.8) is 0 Å². The Balaban J connectivity index is 2.59. The van der Waals surface area contributed by atoms with Gasteiger partial charge in [-0.15, -0.1) is 0 Å². The number of benzene rings is 1. The van der Waals surface area contributed by atoms with E-state index in [0.29, 0.717) is 0 Å². The molecule has 0 saturated heterocycles. The molecule has 0 aromatic heterocycles. The van der Waals surface area contributed by atoms with E-state index in [0.717, 1.165) is 25.3 Å². The lowest BCUT2D eigenvalue weighted by atomic mass is 10.1. The first-order valence-electron chi connectivity index (χ1n) is 7.90. The van der Waals surface area contributed by atoms with Crippen molar-refractivity contribution in [3.8, 4) is 5.75 Å². The van der Waals surface area contributed by atoms with Crippen molar-refractivity contribution in [2.24, 2.45) is 0 Å². The Hall–Kier alpha value is -1.02. The average molecular weight is 277 g/mol. The molecule has 2 nitrogen and oxygen atoms in total. The van der Waals surface area contributed by atoms with Crippen molar-refractivity contribution in [1.29, 1.82) is 0 Å². The van der Waals surface area contributed by atoms with Gasteiger partial charge in [0.2, 0.25) is 0 Å². The summed E-state index contributed by atoms with van der Waals surface area (Å²) in [6.45, 7) is 12.6. The van der Waals surface area contributed by atoms with Gasteiger partial charge in [-0.1, -0.05) is 44.4 Å². The minimum atomic E-state index is 0.127. The summed E-state index contributed by atoms with van der Waals surface area (Å²) in [7, 11) is 0. The first-order chi connectivity index (χ1) is 9.44. The second-order valence-electron chi connectivity index (χ2n) is 6.58. The van der Waals surface area contributed by atoms with Crippen LogP contribution in [0.5, 0.6) is 5.75 Å². The highest BCUT2D eigenvalue weighted by atomic mass is 16.5. The normalized spacial score (nSPS) is 11.7. The first kappa shape index (κ1) is 17.0. The molecule has 0 amide bonds. The van der Waals surface area contributed by atoms with Gasteiger partial charge in [-0.05, 0) is 39.7 Å². The number of rotatable bonds is 8. The van der Waals surface area contributed by atoms with Crippen molar-refractivity contribution in [1.82, 2.24) is 5.32 Å². The molecule has 0 radical (unpaired) electrons. The van der Waals surface area contributed by atoms with Gasteiger partial charge in [-0.2, -0.15) is 0 Å². The quantitative estimate of drug-likeness (QED) is 0.686. The SMILES string of the molecule is CCCCCCOc1c(C)cccc1CNC(C)(C)C. The highest BCUT2D eigenvalue weighted by molar-refractivity contribution is 5.40. The number of unbranched alkanes of at least 4 members (excludes halogenated alkanes) is 3. The summed E-state index contributed by atoms with van der Waals surface area (Å²) in [5.74, 6) is 1.07. The maximum absolute atomic E-state index is 6.04. The molecule has 2 heteroatoms. The topological polar surface area (TPSA) is 21.3 Å². The third kappa shape index (κ3) is 6.42. The summed E-state index contributed by atoms with van der Waals surface area (Å²) < 4.78 is 6.04. The number of hydrogen-bond donors (Lipinski definition) is 1. The molecular formula is C18H31NO. The van der Waals surface area contributed by atoms with Crippen LogP contribution in [0.15, 0.2) is 18.2 Å². The van der Waals surface area contributed by atoms with E-state index in [4.69, 9.17) is 4.74 Å². The van der Waals surface area contributed by atoms with Gasteiger partial charge in [0.1, 0.15) is 5.75 Å². The van der Waals surface area contributed by atoms with Crippen molar-refractivity contribution in [2.45, 2.75) is 72.4 Å². The molecule has 1 rings (SSSR count). The van der Waals surface area contributed by atoms with E-state index in [-0.39, 0.29) is 5.54 Å². The Bertz CT molecular complexity index is 393. The Morgan fingerprint density at radius 2 is 1.85 bits per heavy atom. The zero-order valence-electron chi connectivity index (χ0n) is 13.9. The summed E-state index contributed by atoms with van der Waals surface area (Å²) in [6.07, 6.45) is 4.98. The lowest BCUT2D eigenvalue weighted by Gasteiger charge is -2.22. The van der Waals surface area contributed by atoms with E-state index in [1.807, 2.05) is 0 Å². The molecule has 20 heavy (non-hydrogen) atoms. The third-order valence-electron chi connectivity index (χ3n) is 3.35.